The highest BCUT2D eigenvalue weighted by atomic mass is 16.5. The van der Waals surface area contributed by atoms with Crippen LogP contribution in [0.15, 0.2) is 0 Å². The van der Waals surface area contributed by atoms with Crippen LogP contribution in [0, 0.1) is 5.41 Å². The number of rotatable bonds is 2. The molecule has 1 unspecified atom stereocenters. The van der Waals surface area contributed by atoms with Gasteiger partial charge in [-0.05, 0) is 26.7 Å². The van der Waals surface area contributed by atoms with Crippen molar-refractivity contribution >= 4 is 17.8 Å². The van der Waals surface area contributed by atoms with E-state index in [1.54, 1.807) is 0 Å². The lowest BCUT2D eigenvalue weighted by Crippen LogP contribution is -2.62. The lowest BCUT2D eigenvalue weighted by molar-refractivity contribution is -0.149. The Labute approximate surface area is 99.3 Å². The normalized spacial score (nSPS) is 28.5. The summed E-state index contributed by atoms with van der Waals surface area (Å²) in [5, 5.41) is 2.20. The van der Waals surface area contributed by atoms with Crippen LogP contribution in [0.5, 0.6) is 0 Å². The number of hydrogen-bond donors (Lipinski definition) is 1. The number of urea groups is 1. The van der Waals surface area contributed by atoms with E-state index in [-0.39, 0.29) is 12.6 Å². The molecule has 0 aromatic rings. The van der Waals surface area contributed by atoms with Gasteiger partial charge in [0, 0.05) is 6.61 Å². The summed E-state index contributed by atoms with van der Waals surface area (Å²) in [5.41, 5.74) is -1.19. The standard InChI is InChI=1S/C11H16N2O4/c1-11(2)8(14)12-10(16)13(9(11)15)6-7-4-3-5-17-7/h7H,3-6H2,1-2H3,(H,12,14,16). The molecule has 0 aliphatic carbocycles. The summed E-state index contributed by atoms with van der Waals surface area (Å²) in [6.45, 7) is 3.91. The molecule has 0 aromatic carbocycles. The van der Waals surface area contributed by atoms with Crippen LogP contribution in [0.3, 0.4) is 0 Å². The zero-order valence-corrected chi connectivity index (χ0v) is 9.99. The van der Waals surface area contributed by atoms with Gasteiger partial charge in [-0.2, -0.15) is 0 Å². The van der Waals surface area contributed by atoms with Crippen molar-refractivity contribution in [2.45, 2.75) is 32.8 Å². The quantitative estimate of drug-likeness (QED) is 0.703. The minimum absolute atomic E-state index is 0.103. The zero-order valence-electron chi connectivity index (χ0n) is 9.99. The van der Waals surface area contributed by atoms with E-state index in [9.17, 15) is 14.4 Å². The van der Waals surface area contributed by atoms with Crippen LogP contribution in [-0.2, 0) is 14.3 Å². The van der Waals surface area contributed by atoms with Crippen molar-refractivity contribution in [2.24, 2.45) is 5.41 Å². The molecule has 6 nitrogen and oxygen atoms in total. The van der Waals surface area contributed by atoms with Crippen molar-refractivity contribution in [1.29, 1.82) is 0 Å². The summed E-state index contributed by atoms with van der Waals surface area (Å²) in [6.07, 6.45) is 1.68. The van der Waals surface area contributed by atoms with Gasteiger partial charge in [0.15, 0.2) is 0 Å². The molecular weight excluding hydrogens is 224 g/mol. The molecule has 94 valence electrons. The average Bonchev–Trinajstić information content (AvgIpc) is 2.75. The molecule has 2 fully saturated rings. The van der Waals surface area contributed by atoms with Gasteiger partial charge in [-0.1, -0.05) is 0 Å². The number of amides is 4. The van der Waals surface area contributed by atoms with Gasteiger partial charge in [0.25, 0.3) is 0 Å². The van der Waals surface area contributed by atoms with Crippen molar-refractivity contribution in [3.05, 3.63) is 0 Å². The van der Waals surface area contributed by atoms with Crippen LogP contribution in [0.25, 0.3) is 0 Å². The Morgan fingerprint density at radius 3 is 2.71 bits per heavy atom. The SMILES string of the molecule is CC1(C)C(=O)NC(=O)N(CC2CCCO2)C1=O. The Kier molecular flexibility index (Phi) is 2.91. The number of nitrogens with zero attached hydrogens (tertiary/aromatic N) is 1. The number of ether oxygens (including phenoxy) is 1. The van der Waals surface area contributed by atoms with Gasteiger partial charge in [-0.3, -0.25) is 19.8 Å². The van der Waals surface area contributed by atoms with Crippen LogP contribution >= 0.6 is 0 Å². The fourth-order valence-corrected chi connectivity index (χ4v) is 2.01. The minimum atomic E-state index is -1.19. The van der Waals surface area contributed by atoms with Crippen LogP contribution in [0.4, 0.5) is 4.79 Å². The number of carbonyl (C=O) groups is 3. The van der Waals surface area contributed by atoms with E-state index in [2.05, 4.69) is 5.32 Å². The number of nitrogens with one attached hydrogen (secondary N) is 1. The predicted molar refractivity (Wildman–Crippen MR) is 58.0 cm³/mol. The first kappa shape index (κ1) is 12.0. The maximum absolute atomic E-state index is 12.0. The second kappa shape index (κ2) is 4.10. The monoisotopic (exact) mass is 240 g/mol. The molecule has 0 aromatic heterocycles. The molecule has 0 saturated carbocycles. The Balaban J connectivity index is 2.12. The Morgan fingerprint density at radius 1 is 1.41 bits per heavy atom. The van der Waals surface area contributed by atoms with Crippen molar-refractivity contribution < 1.29 is 19.1 Å². The minimum Gasteiger partial charge on any atom is -0.376 e. The highest BCUT2D eigenvalue weighted by molar-refractivity contribution is 6.18. The van der Waals surface area contributed by atoms with Gasteiger partial charge in [-0.25, -0.2) is 4.79 Å². The van der Waals surface area contributed by atoms with Gasteiger partial charge in [-0.15, -0.1) is 0 Å². The predicted octanol–water partition coefficient (Wildman–Crippen LogP) is 0.270. The molecule has 2 aliphatic rings. The summed E-state index contributed by atoms with van der Waals surface area (Å²) >= 11 is 0. The first-order valence-corrected chi connectivity index (χ1v) is 5.72. The van der Waals surface area contributed by atoms with Crippen LogP contribution in [-0.4, -0.2) is 42.0 Å². The molecule has 6 heteroatoms. The van der Waals surface area contributed by atoms with Gasteiger partial charge in [0.1, 0.15) is 5.41 Å². The van der Waals surface area contributed by atoms with E-state index in [1.807, 2.05) is 0 Å². The van der Waals surface area contributed by atoms with E-state index in [4.69, 9.17) is 4.74 Å². The third-order valence-electron chi connectivity index (χ3n) is 3.22. The summed E-state index contributed by atoms with van der Waals surface area (Å²) in [7, 11) is 0. The summed E-state index contributed by atoms with van der Waals surface area (Å²) in [5.74, 6) is -1.00. The number of barbiturate groups is 1. The molecule has 2 saturated heterocycles. The summed E-state index contributed by atoms with van der Waals surface area (Å²) in [6, 6.07) is -0.644. The van der Waals surface area contributed by atoms with Gasteiger partial charge in [0.2, 0.25) is 11.8 Å². The van der Waals surface area contributed by atoms with Crippen molar-refractivity contribution in [3.63, 3.8) is 0 Å². The van der Waals surface area contributed by atoms with Crippen LogP contribution in [0.2, 0.25) is 0 Å². The zero-order chi connectivity index (χ0) is 12.6. The average molecular weight is 240 g/mol. The molecule has 2 aliphatic heterocycles. The highest BCUT2D eigenvalue weighted by Gasteiger charge is 2.47. The van der Waals surface area contributed by atoms with Crippen LogP contribution in [0.1, 0.15) is 26.7 Å². The maximum Gasteiger partial charge on any atom is 0.330 e. The fourth-order valence-electron chi connectivity index (χ4n) is 2.01. The molecular formula is C11H16N2O4. The molecule has 2 rings (SSSR count). The summed E-state index contributed by atoms with van der Waals surface area (Å²) < 4.78 is 5.39. The molecule has 4 amide bonds. The van der Waals surface area contributed by atoms with Crippen LogP contribution < -0.4 is 5.32 Å². The lowest BCUT2D eigenvalue weighted by Gasteiger charge is -2.35. The Bertz CT molecular complexity index is 372. The first-order chi connectivity index (χ1) is 7.93. The first-order valence-electron chi connectivity index (χ1n) is 5.72. The second-order valence-electron chi connectivity index (χ2n) is 4.94. The number of hydrogen-bond acceptors (Lipinski definition) is 4. The van der Waals surface area contributed by atoms with Crippen molar-refractivity contribution in [3.8, 4) is 0 Å². The lowest BCUT2D eigenvalue weighted by atomic mass is 9.88. The molecule has 17 heavy (non-hydrogen) atoms. The molecule has 1 N–H and O–H groups in total. The Hall–Kier alpha value is -1.43. The van der Waals surface area contributed by atoms with Crippen molar-refractivity contribution in [1.82, 2.24) is 10.2 Å². The van der Waals surface area contributed by atoms with E-state index in [0.29, 0.717) is 6.61 Å². The number of imide groups is 2. The van der Waals surface area contributed by atoms with E-state index in [1.165, 1.54) is 13.8 Å². The van der Waals surface area contributed by atoms with Gasteiger partial charge in [0.05, 0.1) is 12.6 Å². The molecule has 0 bridgehead atoms. The third-order valence-corrected chi connectivity index (χ3v) is 3.22. The Morgan fingerprint density at radius 2 is 2.12 bits per heavy atom. The topological polar surface area (TPSA) is 75.7 Å². The third kappa shape index (κ3) is 2.04. The van der Waals surface area contributed by atoms with Gasteiger partial charge < -0.3 is 4.74 Å². The molecule has 2 heterocycles. The van der Waals surface area contributed by atoms with Gasteiger partial charge >= 0.3 is 6.03 Å². The summed E-state index contributed by atoms with van der Waals surface area (Å²) in [4.78, 5) is 36.2. The largest absolute Gasteiger partial charge is 0.376 e. The van der Waals surface area contributed by atoms with E-state index in [0.717, 1.165) is 17.7 Å². The molecule has 1 atom stereocenters. The highest BCUT2D eigenvalue weighted by Crippen LogP contribution is 2.25. The second-order valence-corrected chi connectivity index (χ2v) is 4.94. The van der Waals surface area contributed by atoms with Crippen molar-refractivity contribution in [2.75, 3.05) is 13.2 Å². The van der Waals surface area contributed by atoms with E-state index < -0.39 is 23.3 Å². The maximum atomic E-state index is 12.0. The molecule has 0 spiro atoms. The number of carbonyl (C=O) groups excluding carboxylic acids is 3. The molecule has 0 radical (unpaired) electrons. The van der Waals surface area contributed by atoms with E-state index >= 15 is 0 Å². The smallest absolute Gasteiger partial charge is 0.330 e. The fraction of sp³-hybridized carbons (Fsp3) is 0.727.